The Bertz CT molecular complexity index is 395. The van der Waals surface area contributed by atoms with Crippen molar-refractivity contribution in [1.82, 2.24) is 0 Å². The molecule has 1 unspecified atom stereocenters. The first kappa shape index (κ1) is 26.9. The number of hydrogen-bond donors (Lipinski definition) is 2. The van der Waals surface area contributed by atoms with Crippen molar-refractivity contribution in [3.8, 4) is 0 Å². The monoisotopic (exact) mass is 406 g/mol. The molecule has 0 aromatic rings. The molecular formula is C22H46O4S. The van der Waals surface area contributed by atoms with Gasteiger partial charge in [0.2, 0.25) is 0 Å². The van der Waals surface area contributed by atoms with Crippen LogP contribution in [0.1, 0.15) is 129 Å². The first-order valence-corrected chi connectivity index (χ1v) is 13.1. The molecule has 0 fully saturated rings. The van der Waals surface area contributed by atoms with Gasteiger partial charge in [0.15, 0.2) is 0 Å². The zero-order valence-corrected chi connectivity index (χ0v) is 18.7. The Morgan fingerprint density at radius 1 is 0.593 bits per heavy atom. The average molecular weight is 407 g/mol. The predicted molar refractivity (Wildman–Crippen MR) is 116 cm³/mol. The molecule has 4 nitrogen and oxygen atoms in total. The minimum absolute atomic E-state index is 0.341. The van der Waals surface area contributed by atoms with Crippen molar-refractivity contribution in [3.05, 3.63) is 0 Å². The van der Waals surface area contributed by atoms with Crippen LogP contribution in [0.3, 0.4) is 0 Å². The highest BCUT2D eigenvalue weighted by Crippen LogP contribution is 2.17. The van der Waals surface area contributed by atoms with E-state index in [2.05, 4.69) is 0 Å². The fraction of sp³-hybridized carbons (Fsp3) is 1.00. The van der Waals surface area contributed by atoms with Crippen molar-refractivity contribution < 1.29 is 18.1 Å². The maximum atomic E-state index is 11.3. The molecule has 164 valence electrons. The van der Waals surface area contributed by atoms with E-state index in [1.807, 2.05) is 6.92 Å². The quantitative estimate of drug-likeness (QED) is 0.165. The van der Waals surface area contributed by atoms with Crippen molar-refractivity contribution in [3.63, 3.8) is 0 Å². The highest BCUT2D eigenvalue weighted by atomic mass is 32.2. The lowest BCUT2D eigenvalue weighted by Crippen LogP contribution is -2.20. The summed E-state index contributed by atoms with van der Waals surface area (Å²) in [4.78, 5) is 0. The SMILES string of the molecule is CCCC(CCCCCCCCCCCCCCCCCCO)S(=O)(=O)O. The second-order valence-corrected chi connectivity index (χ2v) is 9.79. The number of aliphatic hydroxyl groups excluding tert-OH is 1. The molecule has 0 aromatic carbocycles. The fourth-order valence-corrected chi connectivity index (χ4v) is 4.72. The van der Waals surface area contributed by atoms with Gasteiger partial charge in [0.25, 0.3) is 10.1 Å². The first-order valence-electron chi connectivity index (χ1n) is 11.6. The summed E-state index contributed by atoms with van der Waals surface area (Å²) >= 11 is 0. The van der Waals surface area contributed by atoms with Crippen molar-refractivity contribution in [2.45, 2.75) is 134 Å². The summed E-state index contributed by atoms with van der Waals surface area (Å²) in [5, 5.41) is 8.16. The molecular weight excluding hydrogens is 360 g/mol. The number of unbranched alkanes of at least 4 members (excludes halogenated alkanes) is 15. The Hall–Kier alpha value is -0.130. The van der Waals surface area contributed by atoms with Gasteiger partial charge in [-0.25, -0.2) is 0 Å². The Kier molecular flexibility index (Phi) is 19.1. The van der Waals surface area contributed by atoms with Crippen LogP contribution >= 0.6 is 0 Å². The smallest absolute Gasteiger partial charge is 0.267 e. The zero-order valence-electron chi connectivity index (χ0n) is 17.8. The van der Waals surface area contributed by atoms with E-state index < -0.39 is 15.4 Å². The minimum atomic E-state index is -3.86. The Labute approximate surface area is 169 Å². The molecule has 0 saturated heterocycles. The largest absolute Gasteiger partial charge is 0.396 e. The summed E-state index contributed by atoms with van der Waals surface area (Å²) in [5.74, 6) is 0. The van der Waals surface area contributed by atoms with Crippen LogP contribution in [0, 0.1) is 0 Å². The Morgan fingerprint density at radius 3 is 1.22 bits per heavy atom. The molecule has 1 atom stereocenters. The van der Waals surface area contributed by atoms with E-state index in [9.17, 15) is 13.0 Å². The third-order valence-corrected chi connectivity index (χ3v) is 6.78. The highest BCUT2D eigenvalue weighted by molar-refractivity contribution is 7.86. The van der Waals surface area contributed by atoms with E-state index in [0.29, 0.717) is 19.4 Å². The lowest BCUT2D eigenvalue weighted by atomic mass is 10.0. The number of hydrogen-bond acceptors (Lipinski definition) is 3. The molecule has 0 bridgehead atoms. The molecule has 0 aliphatic rings. The highest BCUT2D eigenvalue weighted by Gasteiger charge is 2.20. The van der Waals surface area contributed by atoms with Crippen LogP contribution in [-0.2, 0) is 10.1 Å². The van der Waals surface area contributed by atoms with Gasteiger partial charge in [-0.3, -0.25) is 4.55 Å². The van der Waals surface area contributed by atoms with Gasteiger partial charge in [0.05, 0.1) is 5.25 Å². The van der Waals surface area contributed by atoms with Gasteiger partial charge in [-0.05, 0) is 19.3 Å². The normalized spacial score (nSPS) is 13.1. The standard InChI is InChI=1S/C22H46O4S/c1-2-19-22(27(24,25)26)20-17-15-13-11-9-7-5-3-4-6-8-10-12-14-16-18-21-23/h22-23H,2-21H2,1H3,(H,24,25,26). The van der Waals surface area contributed by atoms with Crippen molar-refractivity contribution >= 4 is 10.1 Å². The topological polar surface area (TPSA) is 74.6 Å². The van der Waals surface area contributed by atoms with E-state index in [1.165, 1.54) is 83.5 Å². The van der Waals surface area contributed by atoms with Gasteiger partial charge in [0, 0.05) is 6.61 Å². The lowest BCUT2D eigenvalue weighted by molar-refractivity contribution is 0.282. The number of aliphatic hydroxyl groups is 1. The molecule has 0 aromatic heterocycles. The second kappa shape index (κ2) is 19.2. The minimum Gasteiger partial charge on any atom is -0.396 e. The van der Waals surface area contributed by atoms with E-state index in [4.69, 9.17) is 5.11 Å². The van der Waals surface area contributed by atoms with Gasteiger partial charge >= 0.3 is 0 Å². The fourth-order valence-electron chi connectivity index (χ4n) is 3.72. The van der Waals surface area contributed by atoms with Crippen molar-refractivity contribution in [1.29, 1.82) is 0 Å². The molecule has 0 rings (SSSR count). The van der Waals surface area contributed by atoms with Gasteiger partial charge in [0.1, 0.15) is 0 Å². The summed E-state index contributed by atoms with van der Waals surface area (Å²) in [7, 11) is -3.86. The molecule has 5 heteroatoms. The summed E-state index contributed by atoms with van der Waals surface area (Å²) in [6.45, 7) is 2.30. The summed E-state index contributed by atoms with van der Waals surface area (Å²) < 4.78 is 31.8. The van der Waals surface area contributed by atoms with Crippen LogP contribution in [0.2, 0.25) is 0 Å². The first-order chi connectivity index (χ1) is 13.0. The summed E-state index contributed by atoms with van der Waals surface area (Å²) in [5.41, 5.74) is 0. The van der Waals surface area contributed by atoms with Gasteiger partial charge < -0.3 is 5.11 Å². The maximum absolute atomic E-state index is 11.3. The second-order valence-electron chi connectivity index (χ2n) is 8.09. The molecule has 0 saturated carbocycles. The maximum Gasteiger partial charge on any atom is 0.267 e. The van der Waals surface area contributed by atoms with Crippen LogP contribution < -0.4 is 0 Å². The molecule has 0 radical (unpaired) electrons. The molecule has 0 aliphatic heterocycles. The molecule has 0 heterocycles. The average Bonchev–Trinajstić information content (AvgIpc) is 2.62. The third kappa shape index (κ3) is 19.0. The molecule has 0 spiro atoms. The molecule has 0 aliphatic carbocycles. The van der Waals surface area contributed by atoms with E-state index in [0.717, 1.165) is 25.7 Å². The molecule has 2 N–H and O–H groups in total. The van der Waals surface area contributed by atoms with E-state index in [-0.39, 0.29) is 0 Å². The summed E-state index contributed by atoms with van der Waals surface area (Å²) in [6, 6.07) is 0. The zero-order chi connectivity index (χ0) is 20.2. The Balaban J connectivity index is 3.27. The van der Waals surface area contributed by atoms with Gasteiger partial charge in [-0.15, -0.1) is 0 Å². The lowest BCUT2D eigenvalue weighted by Gasteiger charge is -2.12. The van der Waals surface area contributed by atoms with Crippen molar-refractivity contribution in [2.75, 3.05) is 6.61 Å². The van der Waals surface area contributed by atoms with Crippen LogP contribution in [0.15, 0.2) is 0 Å². The summed E-state index contributed by atoms with van der Waals surface area (Å²) in [6.07, 6.45) is 21.9. The predicted octanol–water partition coefficient (Wildman–Crippen LogP) is 6.67. The number of rotatable bonds is 21. The molecule has 0 amide bonds. The van der Waals surface area contributed by atoms with Gasteiger partial charge in [-0.1, -0.05) is 110 Å². The van der Waals surface area contributed by atoms with E-state index >= 15 is 0 Å². The van der Waals surface area contributed by atoms with Crippen molar-refractivity contribution in [2.24, 2.45) is 0 Å². The third-order valence-electron chi connectivity index (χ3n) is 5.47. The van der Waals surface area contributed by atoms with E-state index in [1.54, 1.807) is 0 Å². The van der Waals surface area contributed by atoms with Crippen LogP contribution in [0.5, 0.6) is 0 Å². The van der Waals surface area contributed by atoms with Crippen LogP contribution in [-0.4, -0.2) is 29.9 Å². The Morgan fingerprint density at radius 2 is 0.926 bits per heavy atom. The van der Waals surface area contributed by atoms with Gasteiger partial charge in [-0.2, -0.15) is 8.42 Å². The molecule has 27 heavy (non-hydrogen) atoms. The van der Waals surface area contributed by atoms with Crippen LogP contribution in [0.25, 0.3) is 0 Å². The van der Waals surface area contributed by atoms with Crippen LogP contribution in [0.4, 0.5) is 0 Å².